The summed E-state index contributed by atoms with van der Waals surface area (Å²) in [4.78, 5) is 13.3. The fourth-order valence-electron chi connectivity index (χ4n) is 3.82. The Morgan fingerprint density at radius 2 is 1.83 bits per heavy atom. The van der Waals surface area contributed by atoms with Gasteiger partial charge in [-0.2, -0.15) is 0 Å². The van der Waals surface area contributed by atoms with Gasteiger partial charge in [0.2, 0.25) is 0 Å². The lowest BCUT2D eigenvalue weighted by Crippen LogP contribution is -2.52. The van der Waals surface area contributed by atoms with Crippen LogP contribution in [0.15, 0.2) is 29.2 Å². The average Bonchev–Trinajstić information content (AvgIpc) is 2.98. The lowest BCUT2D eigenvalue weighted by molar-refractivity contribution is 0.0945. The Balaban J connectivity index is 1.71. The van der Waals surface area contributed by atoms with Crippen molar-refractivity contribution in [3.05, 3.63) is 30.1 Å². The zero-order valence-electron chi connectivity index (χ0n) is 16.1. The van der Waals surface area contributed by atoms with Gasteiger partial charge in [0.15, 0.2) is 19.7 Å². The van der Waals surface area contributed by atoms with Crippen molar-refractivity contribution in [3.63, 3.8) is 0 Å². The van der Waals surface area contributed by atoms with Gasteiger partial charge in [0, 0.05) is 25.2 Å². The molecule has 1 N–H and O–H groups in total. The number of hydrogen-bond donors (Lipinski definition) is 1. The van der Waals surface area contributed by atoms with Gasteiger partial charge in [0.1, 0.15) is 5.82 Å². The first-order valence-electron chi connectivity index (χ1n) is 9.50. The van der Waals surface area contributed by atoms with E-state index in [0.717, 1.165) is 24.3 Å². The maximum absolute atomic E-state index is 13.2. The van der Waals surface area contributed by atoms with Gasteiger partial charge in [0.05, 0.1) is 28.3 Å². The molecule has 1 amide bonds. The predicted molar refractivity (Wildman–Crippen MR) is 105 cm³/mol. The summed E-state index contributed by atoms with van der Waals surface area (Å²) in [6.07, 6.45) is 0.753. The molecule has 2 aliphatic rings. The van der Waals surface area contributed by atoms with E-state index in [-0.39, 0.29) is 22.8 Å². The molecule has 162 valence electrons. The molecule has 2 aliphatic heterocycles. The molecule has 2 saturated heterocycles. The number of ether oxygens (including phenoxy) is 1. The standard InChI is InChI=1S/C18H25FN2O6S2/c1-2-27-18(22)21-9-7-14(8-10-21)20-16-11-28(23,24)12-17(16)29(25,26)15-5-3-13(19)4-6-15/h3-6,14,16-17,20H,2,7-12H2,1H3/t16-,17-/m0/s1. The van der Waals surface area contributed by atoms with Crippen LogP contribution in [-0.2, 0) is 24.4 Å². The number of sulfone groups is 2. The summed E-state index contributed by atoms with van der Waals surface area (Å²) in [7, 11) is -7.48. The average molecular weight is 449 g/mol. The number of amides is 1. The highest BCUT2D eigenvalue weighted by Gasteiger charge is 2.46. The van der Waals surface area contributed by atoms with Crippen LogP contribution in [0.3, 0.4) is 0 Å². The fourth-order valence-corrected chi connectivity index (χ4v) is 8.50. The number of carbonyl (C=O) groups is 1. The summed E-state index contributed by atoms with van der Waals surface area (Å²) in [5, 5.41) is 2.05. The normalized spacial score (nSPS) is 25.1. The molecule has 3 rings (SSSR count). The molecule has 1 aromatic rings. The summed E-state index contributed by atoms with van der Waals surface area (Å²) in [5.74, 6) is -1.30. The lowest BCUT2D eigenvalue weighted by atomic mass is 10.0. The third kappa shape index (κ3) is 5.07. The second-order valence-corrected chi connectivity index (χ2v) is 11.7. The molecule has 11 heteroatoms. The molecular weight excluding hydrogens is 423 g/mol. The highest BCUT2D eigenvalue weighted by molar-refractivity contribution is 7.96. The van der Waals surface area contributed by atoms with E-state index in [1.54, 1.807) is 11.8 Å². The Kier molecular flexibility index (Phi) is 6.49. The summed E-state index contributed by atoms with van der Waals surface area (Å²) in [6, 6.07) is 3.54. The summed E-state index contributed by atoms with van der Waals surface area (Å²) in [6.45, 7) is 2.92. The number of rotatable bonds is 5. The van der Waals surface area contributed by atoms with E-state index in [4.69, 9.17) is 4.74 Å². The lowest BCUT2D eigenvalue weighted by Gasteiger charge is -2.34. The number of carbonyl (C=O) groups excluding carboxylic acids is 1. The molecule has 29 heavy (non-hydrogen) atoms. The number of nitrogens with one attached hydrogen (secondary N) is 1. The first kappa shape index (κ1) is 22.0. The number of piperidine rings is 1. The Bertz CT molecular complexity index is 941. The molecule has 0 unspecified atom stereocenters. The van der Waals surface area contributed by atoms with Gasteiger partial charge < -0.3 is 15.0 Å². The Morgan fingerprint density at radius 3 is 2.41 bits per heavy atom. The van der Waals surface area contributed by atoms with Gasteiger partial charge in [-0.05, 0) is 44.0 Å². The van der Waals surface area contributed by atoms with E-state index in [0.29, 0.717) is 32.5 Å². The van der Waals surface area contributed by atoms with E-state index in [1.807, 2.05) is 0 Å². The van der Waals surface area contributed by atoms with E-state index in [1.165, 1.54) is 0 Å². The maximum Gasteiger partial charge on any atom is 0.409 e. The minimum atomic E-state index is -3.95. The van der Waals surface area contributed by atoms with Crippen molar-refractivity contribution in [1.29, 1.82) is 0 Å². The molecule has 8 nitrogen and oxygen atoms in total. The summed E-state index contributed by atoms with van der Waals surface area (Å²) < 4.78 is 68.5. The number of benzene rings is 1. The summed E-state index contributed by atoms with van der Waals surface area (Å²) in [5.41, 5.74) is 0. The maximum atomic E-state index is 13.2. The van der Waals surface area contributed by atoms with Crippen LogP contribution in [0.1, 0.15) is 19.8 Å². The third-order valence-electron chi connectivity index (χ3n) is 5.31. The Hall–Kier alpha value is -1.72. The van der Waals surface area contributed by atoms with Crippen molar-refractivity contribution >= 4 is 25.8 Å². The van der Waals surface area contributed by atoms with Crippen LogP contribution in [0.25, 0.3) is 0 Å². The van der Waals surface area contributed by atoms with E-state index in [9.17, 15) is 26.0 Å². The molecule has 0 bridgehead atoms. The monoisotopic (exact) mass is 448 g/mol. The minimum absolute atomic E-state index is 0.0927. The van der Waals surface area contributed by atoms with Crippen LogP contribution < -0.4 is 5.32 Å². The second-order valence-electron chi connectivity index (χ2n) is 7.35. The molecule has 1 aromatic carbocycles. The van der Waals surface area contributed by atoms with E-state index in [2.05, 4.69) is 5.32 Å². The van der Waals surface area contributed by atoms with Crippen LogP contribution >= 0.6 is 0 Å². The predicted octanol–water partition coefficient (Wildman–Crippen LogP) is 0.976. The third-order valence-corrected chi connectivity index (χ3v) is 9.48. The van der Waals surface area contributed by atoms with Crippen LogP contribution in [-0.4, -0.2) is 76.4 Å². The molecule has 0 saturated carbocycles. The highest BCUT2D eigenvalue weighted by atomic mass is 32.2. The van der Waals surface area contributed by atoms with Crippen molar-refractivity contribution in [3.8, 4) is 0 Å². The summed E-state index contributed by atoms with van der Waals surface area (Å²) >= 11 is 0. The van der Waals surface area contributed by atoms with Gasteiger partial charge >= 0.3 is 6.09 Å². The van der Waals surface area contributed by atoms with Crippen molar-refractivity contribution in [2.75, 3.05) is 31.2 Å². The molecule has 0 spiro atoms. The van der Waals surface area contributed by atoms with Crippen molar-refractivity contribution in [2.45, 2.75) is 42.0 Å². The van der Waals surface area contributed by atoms with Crippen LogP contribution in [0, 0.1) is 5.82 Å². The molecule has 2 atom stereocenters. The Labute approximate surface area is 170 Å². The minimum Gasteiger partial charge on any atom is -0.450 e. The molecule has 2 heterocycles. The first-order valence-corrected chi connectivity index (χ1v) is 12.9. The molecule has 0 aromatic heterocycles. The number of hydrogen-bond acceptors (Lipinski definition) is 7. The van der Waals surface area contributed by atoms with Gasteiger partial charge in [-0.3, -0.25) is 0 Å². The van der Waals surface area contributed by atoms with Gasteiger partial charge in [-0.1, -0.05) is 0 Å². The van der Waals surface area contributed by atoms with Crippen LogP contribution in [0.2, 0.25) is 0 Å². The van der Waals surface area contributed by atoms with Crippen LogP contribution in [0.5, 0.6) is 0 Å². The zero-order valence-corrected chi connectivity index (χ0v) is 17.7. The molecular formula is C18H25FN2O6S2. The first-order chi connectivity index (χ1) is 13.6. The molecule has 0 radical (unpaired) electrons. The van der Waals surface area contributed by atoms with Gasteiger partial charge in [-0.25, -0.2) is 26.0 Å². The fraction of sp³-hybridized carbons (Fsp3) is 0.611. The smallest absolute Gasteiger partial charge is 0.409 e. The number of nitrogens with zero attached hydrogens (tertiary/aromatic N) is 1. The number of likely N-dealkylation sites (tertiary alicyclic amines) is 1. The largest absolute Gasteiger partial charge is 0.450 e. The van der Waals surface area contributed by atoms with Gasteiger partial charge in [0.25, 0.3) is 0 Å². The van der Waals surface area contributed by atoms with Crippen LogP contribution in [0.4, 0.5) is 9.18 Å². The van der Waals surface area contributed by atoms with E-state index >= 15 is 0 Å². The van der Waals surface area contributed by atoms with Crippen molar-refractivity contribution in [2.24, 2.45) is 0 Å². The molecule has 2 fully saturated rings. The topological polar surface area (TPSA) is 110 Å². The highest BCUT2D eigenvalue weighted by Crippen LogP contribution is 2.27. The molecule has 0 aliphatic carbocycles. The van der Waals surface area contributed by atoms with Gasteiger partial charge in [-0.15, -0.1) is 0 Å². The zero-order chi connectivity index (χ0) is 21.2. The van der Waals surface area contributed by atoms with E-state index < -0.39 is 42.5 Å². The Morgan fingerprint density at radius 1 is 1.21 bits per heavy atom. The quantitative estimate of drug-likeness (QED) is 0.669. The number of halogens is 1. The van der Waals surface area contributed by atoms with Crippen molar-refractivity contribution < 1.29 is 30.8 Å². The SMILES string of the molecule is CCOC(=O)N1CCC(N[C@H]2CS(=O)(=O)C[C@@H]2S(=O)(=O)c2ccc(F)cc2)CC1. The second kappa shape index (κ2) is 8.57. The van der Waals surface area contributed by atoms with Crippen molar-refractivity contribution in [1.82, 2.24) is 10.2 Å².